The molecule has 0 unspecified atom stereocenters. The van der Waals surface area contributed by atoms with E-state index < -0.39 is 0 Å². The SMILES string of the molecule is COc1ccc(NCc2cccc(OC(C)C)c2)cc1OC. The molecule has 0 bridgehead atoms. The minimum Gasteiger partial charge on any atom is -0.493 e. The summed E-state index contributed by atoms with van der Waals surface area (Å²) in [6, 6.07) is 13.9. The first-order chi connectivity index (χ1) is 10.6. The topological polar surface area (TPSA) is 39.7 Å². The lowest BCUT2D eigenvalue weighted by Crippen LogP contribution is -2.06. The van der Waals surface area contributed by atoms with Crippen molar-refractivity contribution in [3.63, 3.8) is 0 Å². The molecule has 0 aliphatic heterocycles. The summed E-state index contributed by atoms with van der Waals surface area (Å²) in [5.74, 6) is 2.33. The van der Waals surface area contributed by atoms with Gasteiger partial charge in [-0.25, -0.2) is 0 Å². The van der Waals surface area contributed by atoms with Crippen molar-refractivity contribution in [2.75, 3.05) is 19.5 Å². The van der Waals surface area contributed by atoms with Crippen LogP contribution in [0.4, 0.5) is 5.69 Å². The number of methoxy groups -OCH3 is 2. The van der Waals surface area contributed by atoms with E-state index in [1.165, 1.54) is 0 Å². The van der Waals surface area contributed by atoms with E-state index in [0.29, 0.717) is 12.3 Å². The lowest BCUT2D eigenvalue weighted by molar-refractivity contribution is 0.242. The van der Waals surface area contributed by atoms with Crippen LogP contribution in [0.25, 0.3) is 0 Å². The monoisotopic (exact) mass is 301 g/mol. The second kappa shape index (κ2) is 7.59. The van der Waals surface area contributed by atoms with Crippen LogP contribution < -0.4 is 19.5 Å². The van der Waals surface area contributed by atoms with Crippen molar-refractivity contribution in [1.82, 2.24) is 0 Å². The average Bonchev–Trinajstić information content (AvgIpc) is 2.52. The van der Waals surface area contributed by atoms with Crippen molar-refractivity contribution < 1.29 is 14.2 Å². The molecule has 2 aromatic rings. The molecule has 4 heteroatoms. The maximum atomic E-state index is 5.71. The van der Waals surface area contributed by atoms with Crippen LogP contribution >= 0.6 is 0 Å². The van der Waals surface area contributed by atoms with Gasteiger partial charge in [-0.1, -0.05) is 12.1 Å². The van der Waals surface area contributed by atoms with E-state index in [-0.39, 0.29) is 6.10 Å². The van der Waals surface area contributed by atoms with Crippen LogP contribution in [0.1, 0.15) is 19.4 Å². The zero-order chi connectivity index (χ0) is 15.9. The molecule has 22 heavy (non-hydrogen) atoms. The Hall–Kier alpha value is -2.36. The predicted octanol–water partition coefficient (Wildman–Crippen LogP) is 4.10. The Bertz CT molecular complexity index is 611. The molecule has 0 aliphatic rings. The van der Waals surface area contributed by atoms with E-state index in [1.54, 1.807) is 14.2 Å². The van der Waals surface area contributed by atoms with Crippen LogP contribution in [0.2, 0.25) is 0 Å². The summed E-state index contributed by atoms with van der Waals surface area (Å²) in [5, 5.41) is 3.38. The summed E-state index contributed by atoms with van der Waals surface area (Å²) < 4.78 is 16.3. The van der Waals surface area contributed by atoms with Gasteiger partial charge in [0.25, 0.3) is 0 Å². The average molecular weight is 301 g/mol. The number of hydrogen-bond donors (Lipinski definition) is 1. The summed E-state index contributed by atoms with van der Waals surface area (Å²) in [6.45, 7) is 4.76. The van der Waals surface area contributed by atoms with Gasteiger partial charge in [-0.2, -0.15) is 0 Å². The molecule has 0 heterocycles. The van der Waals surface area contributed by atoms with E-state index in [2.05, 4.69) is 11.4 Å². The largest absolute Gasteiger partial charge is 0.493 e. The summed E-state index contributed by atoms with van der Waals surface area (Å²) in [5.41, 5.74) is 2.14. The highest BCUT2D eigenvalue weighted by atomic mass is 16.5. The first-order valence-electron chi connectivity index (χ1n) is 7.34. The molecule has 118 valence electrons. The number of anilines is 1. The molecule has 2 rings (SSSR count). The predicted molar refractivity (Wildman–Crippen MR) is 89.1 cm³/mol. The van der Waals surface area contributed by atoms with Crippen molar-refractivity contribution in [1.29, 1.82) is 0 Å². The molecular weight excluding hydrogens is 278 g/mol. The highest BCUT2D eigenvalue weighted by Crippen LogP contribution is 2.30. The fourth-order valence-electron chi connectivity index (χ4n) is 2.15. The third-order valence-corrected chi connectivity index (χ3v) is 3.15. The van der Waals surface area contributed by atoms with Crippen molar-refractivity contribution in [3.8, 4) is 17.2 Å². The molecule has 0 aromatic heterocycles. The highest BCUT2D eigenvalue weighted by molar-refractivity contribution is 5.55. The van der Waals surface area contributed by atoms with E-state index in [1.807, 2.05) is 50.2 Å². The maximum absolute atomic E-state index is 5.71. The fraction of sp³-hybridized carbons (Fsp3) is 0.333. The second-order valence-corrected chi connectivity index (χ2v) is 5.24. The number of rotatable bonds is 7. The first-order valence-corrected chi connectivity index (χ1v) is 7.34. The van der Waals surface area contributed by atoms with Gasteiger partial charge >= 0.3 is 0 Å². The molecular formula is C18H23NO3. The first kappa shape index (κ1) is 16.0. The van der Waals surface area contributed by atoms with E-state index in [4.69, 9.17) is 14.2 Å². The Balaban J connectivity index is 2.03. The molecule has 4 nitrogen and oxygen atoms in total. The Kier molecular flexibility index (Phi) is 5.53. The molecule has 0 saturated carbocycles. The van der Waals surface area contributed by atoms with Crippen molar-refractivity contribution in [3.05, 3.63) is 48.0 Å². The normalized spacial score (nSPS) is 10.4. The van der Waals surface area contributed by atoms with Gasteiger partial charge in [0, 0.05) is 18.3 Å². The highest BCUT2D eigenvalue weighted by Gasteiger charge is 2.05. The van der Waals surface area contributed by atoms with Crippen LogP contribution in [0, 0.1) is 0 Å². The quantitative estimate of drug-likeness (QED) is 0.835. The second-order valence-electron chi connectivity index (χ2n) is 5.24. The molecule has 0 radical (unpaired) electrons. The van der Waals surface area contributed by atoms with Crippen molar-refractivity contribution >= 4 is 5.69 Å². The summed E-state index contributed by atoms with van der Waals surface area (Å²) in [4.78, 5) is 0. The number of hydrogen-bond acceptors (Lipinski definition) is 4. The third kappa shape index (κ3) is 4.32. The number of benzene rings is 2. The molecule has 0 aliphatic carbocycles. The van der Waals surface area contributed by atoms with Gasteiger partial charge in [0.1, 0.15) is 5.75 Å². The summed E-state index contributed by atoms with van der Waals surface area (Å²) in [7, 11) is 3.26. The minimum absolute atomic E-state index is 0.175. The van der Waals surface area contributed by atoms with Gasteiger partial charge in [-0.3, -0.25) is 0 Å². The van der Waals surface area contributed by atoms with Crippen LogP contribution in [-0.2, 0) is 6.54 Å². The van der Waals surface area contributed by atoms with Gasteiger partial charge in [0.2, 0.25) is 0 Å². The van der Waals surface area contributed by atoms with Gasteiger partial charge in [-0.15, -0.1) is 0 Å². The Morgan fingerprint density at radius 3 is 2.41 bits per heavy atom. The molecule has 0 saturated heterocycles. The van der Waals surface area contributed by atoms with Crippen LogP contribution in [0.3, 0.4) is 0 Å². The van der Waals surface area contributed by atoms with Crippen LogP contribution in [0.5, 0.6) is 17.2 Å². The van der Waals surface area contributed by atoms with Crippen LogP contribution in [-0.4, -0.2) is 20.3 Å². The standard InChI is InChI=1S/C18H23NO3/c1-13(2)22-16-7-5-6-14(10-16)12-19-15-8-9-17(20-3)18(11-15)21-4/h5-11,13,19H,12H2,1-4H3. The van der Waals surface area contributed by atoms with Crippen molar-refractivity contribution in [2.24, 2.45) is 0 Å². The van der Waals surface area contributed by atoms with E-state index >= 15 is 0 Å². The van der Waals surface area contributed by atoms with E-state index in [0.717, 1.165) is 22.7 Å². The molecule has 0 amide bonds. The fourth-order valence-corrected chi connectivity index (χ4v) is 2.15. The maximum Gasteiger partial charge on any atom is 0.162 e. The molecule has 0 fully saturated rings. The van der Waals surface area contributed by atoms with Crippen LogP contribution in [0.15, 0.2) is 42.5 Å². The third-order valence-electron chi connectivity index (χ3n) is 3.15. The Morgan fingerprint density at radius 2 is 1.73 bits per heavy atom. The van der Waals surface area contributed by atoms with Gasteiger partial charge in [-0.05, 0) is 43.7 Å². The zero-order valence-electron chi connectivity index (χ0n) is 13.6. The number of ether oxygens (including phenoxy) is 3. The minimum atomic E-state index is 0.175. The van der Waals surface area contributed by atoms with Gasteiger partial charge in [0.15, 0.2) is 11.5 Å². The molecule has 0 atom stereocenters. The van der Waals surface area contributed by atoms with Gasteiger partial charge in [0.05, 0.1) is 20.3 Å². The Morgan fingerprint density at radius 1 is 0.955 bits per heavy atom. The molecule has 2 aromatic carbocycles. The van der Waals surface area contributed by atoms with Gasteiger partial charge < -0.3 is 19.5 Å². The molecule has 0 spiro atoms. The summed E-state index contributed by atoms with van der Waals surface area (Å²) in [6.07, 6.45) is 0.175. The van der Waals surface area contributed by atoms with Crippen molar-refractivity contribution in [2.45, 2.75) is 26.5 Å². The zero-order valence-corrected chi connectivity index (χ0v) is 13.6. The smallest absolute Gasteiger partial charge is 0.162 e. The lowest BCUT2D eigenvalue weighted by Gasteiger charge is -2.13. The lowest BCUT2D eigenvalue weighted by atomic mass is 10.2. The van der Waals surface area contributed by atoms with E-state index in [9.17, 15) is 0 Å². The number of nitrogens with one attached hydrogen (secondary N) is 1. The summed E-state index contributed by atoms with van der Waals surface area (Å²) >= 11 is 0. The Labute approximate surface area is 132 Å². The molecule has 1 N–H and O–H groups in total.